The molecule has 0 radical (unpaired) electrons. The molecule has 1 aliphatic rings. The number of piperidine rings is 1. The summed E-state index contributed by atoms with van der Waals surface area (Å²) < 4.78 is 0. The van der Waals surface area contributed by atoms with Crippen molar-refractivity contribution in [1.29, 1.82) is 0 Å². The molecule has 0 saturated carbocycles. The molecule has 0 aromatic heterocycles. The molecule has 2 rings (SSSR count). The van der Waals surface area contributed by atoms with Crippen molar-refractivity contribution in [2.45, 2.75) is 71.5 Å². The molecular formula is C23H38N4. The quantitative estimate of drug-likeness (QED) is 0.688. The Morgan fingerprint density at radius 3 is 2.22 bits per heavy atom. The first kappa shape index (κ1) is 21.4. The van der Waals surface area contributed by atoms with Crippen molar-refractivity contribution in [3.05, 3.63) is 52.9 Å². The van der Waals surface area contributed by atoms with Gasteiger partial charge in [-0.05, 0) is 79.1 Å². The average molecular weight is 371 g/mol. The third-order valence-electron chi connectivity index (χ3n) is 6.05. The number of hydrogen-bond acceptors (Lipinski definition) is 4. The largest absolute Gasteiger partial charge is 0.388 e. The average Bonchev–Trinajstić information content (AvgIpc) is 2.54. The summed E-state index contributed by atoms with van der Waals surface area (Å²) in [5.74, 6) is 0.716. The molecule has 150 valence electrons. The number of likely N-dealkylation sites (tertiary alicyclic amines) is 1. The Labute approximate surface area is 165 Å². The molecule has 1 aliphatic heterocycles. The highest BCUT2D eigenvalue weighted by atomic mass is 15.2. The molecule has 27 heavy (non-hydrogen) atoms. The molecule has 1 heterocycles. The predicted octanol–water partition coefficient (Wildman–Crippen LogP) is 3.90. The van der Waals surface area contributed by atoms with Crippen LogP contribution in [-0.4, -0.2) is 36.1 Å². The van der Waals surface area contributed by atoms with E-state index in [0.717, 1.165) is 18.5 Å². The van der Waals surface area contributed by atoms with Gasteiger partial charge < -0.3 is 16.4 Å². The Kier molecular flexibility index (Phi) is 6.31. The van der Waals surface area contributed by atoms with E-state index in [-0.39, 0.29) is 11.1 Å². The lowest BCUT2D eigenvalue weighted by molar-refractivity contribution is -0.0163. The molecule has 0 bridgehead atoms. The Morgan fingerprint density at radius 2 is 1.70 bits per heavy atom. The van der Waals surface area contributed by atoms with Crippen molar-refractivity contribution in [1.82, 2.24) is 15.5 Å². The molecule has 0 amide bonds. The smallest absolute Gasteiger partial charge is 0.0962 e. The lowest BCUT2D eigenvalue weighted by atomic mass is 9.77. The number of aryl methyl sites for hydroxylation is 2. The number of nitrogens with zero attached hydrogens (tertiary/aromatic N) is 1. The SMILES string of the molecule is CN/C(=C\C=C(/N)NC1CC(C)(C)N(C)C(C)(C)C1)c1ccc(C)cc1C. The second-order valence-corrected chi connectivity index (χ2v) is 9.20. The van der Waals surface area contributed by atoms with Crippen LogP contribution in [0.1, 0.15) is 57.2 Å². The fraction of sp³-hybridized carbons (Fsp3) is 0.565. The zero-order valence-corrected chi connectivity index (χ0v) is 18.4. The van der Waals surface area contributed by atoms with Crippen LogP contribution < -0.4 is 16.4 Å². The standard InChI is InChI=1S/C23H38N4/c1-16-9-10-19(17(2)13-16)20(25-7)11-12-21(24)26-18-14-22(3,4)27(8)23(5,6)15-18/h9-13,18,25-26H,14-15,24H2,1-8H3/b20-11-,21-12+. The van der Waals surface area contributed by atoms with Crippen molar-refractivity contribution in [2.75, 3.05) is 14.1 Å². The minimum atomic E-state index is 0.144. The lowest BCUT2D eigenvalue weighted by Crippen LogP contribution is -2.62. The third-order valence-corrected chi connectivity index (χ3v) is 6.05. The second kappa shape index (κ2) is 7.97. The highest BCUT2D eigenvalue weighted by Gasteiger charge is 2.42. The number of benzene rings is 1. The molecule has 0 aliphatic carbocycles. The van der Waals surface area contributed by atoms with Crippen molar-refractivity contribution >= 4 is 5.70 Å². The zero-order chi connectivity index (χ0) is 20.4. The van der Waals surface area contributed by atoms with Crippen LogP contribution in [0.3, 0.4) is 0 Å². The number of rotatable bonds is 5. The maximum Gasteiger partial charge on any atom is 0.0962 e. The normalized spacial score (nSPS) is 21.2. The first-order chi connectivity index (χ1) is 12.5. The molecule has 0 unspecified atom stereocenters. The van der Waals surface area contributed by atoms with E-state index in [4.69, 9.17) is 5.73 Å². The van der Waals surface area contributed by atoms with Crippen LogP contribution in [0, 0.1) is 13.8 Å². The van der Waals surface area contributed by atoms with Gasteiger partial charge in [-0.1, -0.05) is 23.8 Å². The summed E-state index contributed by atoms with van der Waals surface area (Å²) in [4.78, 5) is 2.48. The van der Waals surface area contributed by atoms with E-state index in [2.05, 4.69) is 88.4 Å². The van der Waals surface area contributed by atoms with Gasteiger partial charge >= 0.3 is 0 Å². The van der Waals surface area contributed by atoms with Crippen molar-refractivity contribution < 1.29 is 0 Å². The Balaban J connectivity index is 2.15. The number of allylic oxidation sites excluding steroid dienone is 2. The summed E-state index contributed by atoms with van der Waals surface area (Å²) in [5.41, 5.74) is 11.4. The van der Waals surface area contributed by atoms with Crippen LogP contribution in [0.15, 0.2) is 36.2 Å². The molecule has 1 aromatic carbocycles. The van der Waals surface area contributed by atoms with E-state index in [1.165, 1.54) is 16.7 Å². The van der Waals surface area contributed by atoms with E-state index >= 15 is 0 Å². The van der Waals surface area contributed by atoms with Crippen LogP contribution in [0.2, 0.25) is 0 Å². The van der Waals surface area contributed by atoms with Crippen molar-refractivity contribution in [3.8, 4) is 0 Å². The molecule has 0 spiro atoms. The van der Waals surface area contributed by atoms with E-state index < -0.39 is 0 Å². The summed E-state index contributed by atoms with van der Waals surface area (Å²) in [7, 11) is 4.17. The van der Waals surface area contributed by atoms with Crippen LogP contribution in [0.25, 0.3) is 5.70 Å². The highest BCUT2D eigenvalue weighted by Crippen LogP contribution is 2.36. The van der Waals surface area contributed by atoms with Gasteiger partial charge in [0, 0.05) is 35.4 Å². The molecule has 4 N–H and O–H groups in total. The molecule has 0 atom stereocenters. The first-order valence-electron chi connectivity index (χ1n) is 9.89. The molecule has 4 nitrogen and oxygen atoms in total. The molecule has 4 heteroatoms. The summed E-state index contributed by atoms with van der Waals surface area (Å²) in [6, 6.07) is 6.87. The zero-order valence-electron chi connectivity index (χ0n) is 18.4. The van der Waals surface area contributed by atoms with Crippen LogP contribution in [0.4, 0.5) is 0 Å². The third kappa shape index (κ3) is 5.07. The van der Waals surface area contributed by atoms with Gasteiger partial charge in [-0.3, -0.25) is 4.90 Å². The summed E-state index contributed by atoms with van der Waals surface area (Å²) in [6.45, 7) is 13.5. The van der Waals surface area contributed by atoms with Crippen molar-refractivity contribution in [3.63, 3.8) is 0 Å². The Bertz CT molecular complexity index is 710. The predicted molar refractivity (Wildman–Crippen MR) is 117 cm³/mol. The number of nitrogens with one attached hydrogen (secondary N) is 2. The van der Waals surface area contributed by atoms with Gasteiger partial charge in [0.25, 0.3) is 0 Å². The van der Waals surface area contributed by atoms with E-state index in [0.29, 0.717) is 11.9 Å². The molecule has 1 aromatic rings. The Morgan fingerprint density at radius 1 is 1.11 bits per heavy atom. The van der Waals surface area contributed by atoms with E-state index in [1.807, 2.05) is 13.1 Å². The van der Waals surface area contributed by atoms with Crippen LogP contribution in [0.5, 0.6) is 0 Å². The van der Waals surface area contributed by atoms with E-state index in [1.54, 1.807) is 0 Å². The Hall–Kier alpha value is -1.94. The van der Waals surface area contributed by atoms with Gasteiger partial charge in [0.1, 0.15) is 0 Å². The lowest BCUT2D eigenvalue weighted by Gasteiger charge is -2.53. The first-order valence-corrected chi connectivity index (χ1v) is 9.89. The summed E-state index contributed by atoms with van der Waals surface area (Å²) in [5, 5.41) is 6.84. The minimum Gasteiger partial charge on any atom is -0.388 e. The minimum absolute atomic E-state index is 0.144. The molecule has 1 fully saturated rings. The van der Waals surface area contributed by atoms with E-state index in [9.17, 15) is 0 Å². The fourth-order valence-electron chi connectivity index (χ4n) is 4.35. The summed E-state index contributed by atoms with van der Waals surface area (Å²) >= 11 is 0. The maximum atomic E-state index is 6.32. The maximum absolute atomic E-state index is 6.32. The second-order valence-electron chi connectivity index (χ2n) is 9.20. The summed E-state index contributed by atoms with van der Waals surface area (Å²) in [6.07, 6.45) is 6.18. The number of hydrogen-bond donors (Lipinski definition) is 3. The van der Waals surface area contributed by atoms with Crippen LogP contribution in [-0.2, 0) is 0 Å². The molecular weight excluding hydrogens is 332 g/mol. The van der Waals surface area contributed by atoms with Gasteiger partial charge in [-0.2, -0.15) is 0 Å². The highest BCUT2D eigenvalue weighted by molar-refractivity contribution is 5.68. The van der Waals surface area contributed by atoms with Crippen LogP contribution >= 0.6 is 0 Å². The monoisotopic (exact) mass is 370 g/mol. The fourth-order valence-corrected chi connectivity index (χ4v) is 4.35. The van der Waals surface area contributed by atoms with Gasteiger partial charge in [0.15, 0.2) is 0 Å². The van der Waals surface area contributed by atoms with Gasteiger partial charge in [0.2, 0.25) is 0 Å². The number of nitrogens with two attached hydrogens (primary N) is 1. The van der Waals surface area contributed by atoms with Gasteiger partial charge in [-0.25, -0.2) is 0 Å². The van der Waals surface area contributed by atoms with Crippen molar-refractivity contribution in [2.24, 2.45) is 5.73 Å². The topological polar surface area (TPSA) is 53.3 Å². The molecule has 1 saturated heterocycles. The van der Waals surface area contributed by atoms with Gasteiger partial charge in [0.05, 0.1) is 5.82 Å². The van der Waals surface area contributed by atoms with Gasteiger partial charge in [-0.15, -0.1) is 0 Å².